The number of carbonyl (C=O) groups is 2. The van der Waals surface area contributed by atoms with Gasteiger partial charge in [0, 0.05) is 48.5 Å². The van der Waals surface area contributed by atoms with Gasteiger partial charge in [-0.3, -0.25) is 14.4 Å². The molecule has 212 valence electrons. The van der Waals surface area contributed by atoms with Crippen LogP contribution in [0.5, 0.6) is 0 Å². The smallest absolute Gasteiger partial charge is 0.223 e. The van der Waals surface area contributed by atoms with E-state index in [1.165, 1.54) is 0 Å². The summed E-state index contributed by atoms with van der Waals surface area (Å²) in [6.45, 7) is 1.73. The number of anilines is 1. The van der Waals surface area contributed by atoms with E-state index in [4.69, 9.17) is 0 Å². The first-order valence-corrected chi connectivity index (χ1v) is 14.4. The maximum atomic E-state index is 15.0. The van der Waals surface area contributed by atoms with E-state index in [0.29, 0.717) is 42.3 Å². The molecule has 2 aromatic carbocycles. The van der Waals surface area contributed by atoms with Gasteiger partial charge < -0.3 is 16.0 Å². The highest BCUT2D eigenvalue weighted by Gasteiger charge is 2.29. The van der Waals surface area contributed by atoms with E-state index in [1.54, 1.807) is 32.2 Å². The van der Waals surface area contributed by atoms with E-state index in [9.17, 15) is 23.2 Å². The summed E-state index contributed by atoms with van der Waals surface area (Å²) in [5, 5.41) is 9.83. The third-order valence-corrected chi connectivity index (χ3v) is 8.44. The van der Waals surface area contributed by atoms with Crippen molar-refractivity contribution >= 4 is 28.3 Å². The molecule has 2 aliphatic carbocycles. The molecule has 0 spiro atoms. The highest BCUT2D eigenvalue weighted by Crippen LogP contribution is 2.27. The first kappa shape index (κ1) is 29.0. The van der Waals surface area contributed by atoms with Crippen LogP contribution in [0.3, 0.4) is 0 Å². The quantitative estimate of drug-likeness (QED) is 0.395. The first-order chi connectivity index (χ1) is 18.8. The number of aryl methyl sites for hydroxylation is 1. The fraction of sp³-hybridized carbons (Fsp3) is 0.581. The Kier molecular flexibility index (Phi) is 9.92. The molecular formula is C31H41F2N3O3. The van der Waals surface area contributed by atoms with Crippen LogP contribution in [0.1, 0.15) is 69.4 Å². The van der Waals surface area contributed by atoms with Crippen molar-refractivity contribution < 1.29 is 18.4 Å². The van der Waals surface area contributed by atoms with Crippen molar-refractivity contribution in [1.82, 2.24) is 10.6 Å². The molecule has 4 rings (SSSR count). The van der Waals surface area contributed by atoms with E-state index in [-0.39, 0.29) is 42.0 Å². The minimum atomic E-state index is -1.47. The first-order valence-electron chi connectivity index (χ1n) is 14.4. The number of halogens is 2. The molecule has 1 fully saturated rings. The van der Waals surface area contributed by atoms with E-state index in [2.05, 4.69) is 16.0 Å². The van der Waals surface area contributed by atoms with E-state index in [0.717, 1.165) is 43.1 Å². The van der Waals surface area contributed by atoms with Crippen LogP contribution >= 0.6 is 0 Å². The van der Waals surface area contributed by atoms with Crippen LogP contribution in [0.25, 0.3) is 10.8 Å². The van der Waals surface area contributed by atoms with Crippen LogP contribution in [-0.2, 0) is 22.4 Å². The largest absolute Gasteiger partial charge is 0.382 e. The van der Waals surface area contributed by atoms with E-state index >= 15 is 0 Å². The van der Waals surface area contributed by atoms with Gasteiger partial charge in [-0.15, -0.1) is 0 Å². The molecule has 0 aromatic heterocycles. The highest BCUT2D eigenvalue weighted by atomic mass is 19.1. The fourth-order valence-electron chi connectivity index (χ4n) is 6.01. The van der Waals surface area contributed by atoms with Crippen LogP contribution < -0.4 is 21.4 Å². The molecule has 0 saturated heterocycles. The molecule has 8 heteroatoms. The van der Waals surface area contributed by atoms with Crippen molar-refractivity contribution in [2.75, 3.05) is 18.9 Å². The van der Waals surface area contributed by atoms with Crippen molar-refractivity contribution in [3.8, 4) is 0 Å². The van der Waals surface area contributed by atoms with Gasteiger partial charge in [0.1, 0.15) is 12.3 Å². The summed E-state index contributed by atoms with van der Waals surface area (Å²) < 4.78 is 29.8. The second-order valence-electron chi connectivity index (χ2n) is 11.1. The Bertz CT molecular complexity index is 1230. The Morgan fingerprint density at radius 2 is 1.77 bits per heavy atom. The average Bonchev–Trinajstić information content (AvgIpc) is 3.10. The Labute approximate surface area is 229 Å². The predicted octanol–water partition coefficient (Wildman–Crippen LogP) is 5.00. The molecule has 4 atom stereocenters. The average molecular weight is 542 g/mol. The predicted molar refractivity (Wildman–Crippen MR) is 151 cm³/mol. The monoisotopic (exact) mass is 541 g/mol. The fourth-order valence-corrected chi connectivity index (χ4v) is 6.01. The summed E-state index contributed by atoms with van der Waals surface area (Å²) in [5.74, 6) is -0.418. The molecule has 2 amide bonds. The van der Waals surface area contributed by atoms with Gasteiger partial charge >= 0.3 is 0 Å². The summed E-state index contributed by atoms with van der Waals surface area (Å²) in [6, 6.07) is 8.41. The lowest BCUT2D eigenvalue weighted by molar-refractivity contribution is -0.127. The number of fused-ring (bicyclic) bond motifs is 2. The molecule has 6 nitrogen and oxygen atoms in total. The molecule has 0 radical (unpaired) electrons. The van der Waals surface area contributed by atoms with Crippen LogP contribution in [0.4, 0.5) is 14.5 Å². The number of nitrogens with one attached hydrogen (secondary N) is 3. The molecule has 39 heavy (non-hydrogen) atoms. The topological polar surface area (TPSA) is 87.3 Å². The molecule has 2 aromatic rings. The standard InChI is InChI=1S/C31H41F2N3O3/c1-3-28(36-31(39)20-7-5-4-6-8-20)27(33)17-23(32)18-35-24-13-14-25-21(15-24)11-9-19-10-12-22(30(38)34-2)16-26(19)29(25)37/h9,11,13-15,20,22-23,27-28,35H,3-8,10,12,16-18H2,1-2H3,(H,34,38)(H,36,39). The zero-order valence-corrected chi connectivity index (χ0v) is 23.0. The molecule has 2 aliphatic rings. The number of rotatable bonds is 10. The lowest BCUT2D eigenvalue weighted by Crippen LogP contribution is -2.45. The van der Waals surface area contributed by atoms with Gasteiger partial charge in [0.25, 0.3) is 0 Å². The summed E-state index contributed by atoms with van der Waals surface area (Å²) in [5.41, 5.74) is 2.22. The molecule has 0 heterocycles. The molecule has 1 saturated carbocycles. The number of carbonyl (C=O) groups excluding carboxylic acids is 2. The third-order valence-electron chi connectivity index (χ3n) is 8.44. The van der Waals surface area contributed by atoms with Crippen molar-refractivity contribution in [2.24, 2.45) is 11.8 Å². The third kappa shape index (κ3) is 7.14. The lowest BCUT2D eigenvalue weighted by Gasteiger charge is -2.27. The van der Waals surface area contributed by atoms with Crippen LogP contribution in [0.15, 0.2) is 35.1 Å². The van der Waals surface area contributed by atoms with Gasteiger partial charge in [0.05, 0.1) is 6.04 Å². The number of benzene rings is 1. The van der Waals surface area contributed by atoms with Crippen LogP contribution in [0, 0.1) is 11.8 Å². The second-order valence-corrected chi connectivity index (χ2v) is 11.1. The maximum Gasteiger partial charge on any atom is 0.223 e. The molecule has 3 N–H and O–H groups in total. The van der Waals surface area contributed by atoms with Gasteiger partial charge in [-0.25, -0.2) is 8.78 Å². The Morgan fingerprint density at radius 1 is 1.00 bits per heavy atom. The summed E-state index contributed by atoms with van der Waals surface area (Å²) >= 11 is 0. The van der Waals surface area contributed by atoms with Crippen molar-refractivity contribution in [3.63, 3.8) is 0 Å². The maximum absolute atomic E-state index is 15.0. The molecule has 4 unspecified atom stereocenters. The van der Waals surface area contributed by atoms with Gasteiger partial charge in [0.2, 0.25) is 11.8 Å². The number of amides is 2. The van der Waals surface area contributed by atoms with Gasteiger partial charge in [-0.1, -0.05) is 38.3 Å². The zero-order chi connectivity index (χ0) is 27.9. The Morgan fingerprint density at radius 3 is 2.49 bits per heavy atom. The summed E-state index contributed by atoms with van der Waals surface area (Å²) in [7, 11) is 1.61. The normalized spacial score (nSPS) is 19.9. The van der Waals surface area contributed by atoms with Crippen molar-refractivity contribution in [2.45, 2.75) is 89.5 Å². The minimum Gasteiger partial charge on any atom is -0.382 e. The highest BCUT2D eigenvalue weighted by molar-refractivity contribution is 5.86. The molecule has 0 aliphatic heterocycles. The van der Waals surface area contributed by atoms with Crippen molar-refractivity contribution in [3.05, 3.63) is 51.7 Å². The van der Waals surface area contributed by atoms with Gasteiger partial charge in [-0.05, 0) is 67.7 Å². The van der Waals surface area contributed by atoms with E-state index < -0.39 is 18.4 Å². The Hall–Kier alpha value is -3.03. The number of alkyl halides is 2. The number of hydrogen-bond donors (Lipinski definition) is 3. The molecular weight excluding hydrogens is 500 g/mol. The Balaban J connectivity index is 1.37. The van der Waals surface area contributed by atoms with Gasteiger partial charge in [-0.2, -0.15) is 0 Å². The van der Waals surface area contributed by atoms with Crippen LogP contribution in [-0.4, -0.2) is 43.8 Å². The zero-order valence-electron chi connectivity index (χ0n) is 23.0. The van der Waals surface area contributed by atoms with E-state index in [1.807, 2.05) is 12.1 Å². The lowest BCUT2D eigenvalue weighted by atomic mass is 9.84. The second kappa shape index (κ2) is 13.4. The summed E-state index contributed by atoms with van der Waals surface area (Å²) in [6.07, 6.45) is 3.86. The van der Waals surface area contributed by atoms with Crippen molar-refractivity contribution in [1.29, 1.82) is 0 Å². The SMILES string of the molecule is CCC(NC(=O)C1CCCCC1)C(F)CC(F)CNc1ccc2c(=O)c3c(ccc2c1)CCC(C(=O)NC)C3. The summed E-state index contributed by atoms with van der Waals surface area (Å²) in [4.78, 5) is 38.0. The minimum absolute atomic E-state index is 0.0458. The molecule has 0 bridgehead atoms. The number of hydrogen-bond acceptors (Lipinski definition) is 4. The van der Waals surface area contributed by atoms with Crippen LogP contribution in [0.2, 0.25) is 0 Å². The van der Waals surface area contributed by atoms with Gasteiger partial charge in [0.15, 0.2) is 5.43 Å².